The Kier molecular flexibility index (Phi) is 7.07. The minimum absolute atomic E-state index is 0.132. The monoisotopic (exact) mass is 518 g/mol. The van der Waals surface area contributed by atoms with Crippen molar-refractivity contribution >= 4 is 10.9 Å². The van der Waals surface area contributed by atoms with E-state index in [9.17, 15) is 4.79 Å². The van der Waals surface area contributed by atoms with Gasteiger partial charge in [-0.25, -0.2) is 4.68 Å². The summed E-state index contributed by atoms with van der Waals surface area (Å²) < 4.78 is 18.4. The molecule has 0 aliphatic carbocycles. The third-order valence-electron chi connectivity index (χ3n) is 7.38. The van der Waals surface area contributed by atoms with E-state index in [1.807, 2.05) is 47.1 Å². The molecule has 5 rings (SSSR count). The van der Waals surface area contributed by atoms with Crippen molar-refractivity contribution in [3.05, 3.63) is 69.8 Å². The zero-order chi connectivity index (χ0) is 26.9. The molecule has 1 aliphatic rings. The highest BCUT2D eigenvalue weighted by Crippen LogP contribution is 2.35. The van der Waals surface area contributed by atoms with E-state index in [0.29, 0.717) is 24.4 Å². The number of nitrogens with one attached hydrogen (secondary N) is 1. The molecule has 0 unspecified atom stereocenters. The standard InChI is InChI=1S/C28H34N6O4/c1-6-23(26-30-31-32-34(26)28(3,4)7-2)33(15-18-8-11-24-25(12-18)38-17-37-24)16-20-13-19-9-10-21(36-5)14-22(19)29-27(20)35/h8-14,23H,6-7,15-17H2,1-5H3,(H,29,35)/t23-/m1/s1. The summed E-state index contributed by atoms with van der Waals surface area (Å²) >= 11 is 0. The number of rotatable bonds is 10. The molecular weight excluding hydrogens is 484 g/mol. The molecule has 1 atom stereocenters. The number of aromatic amines is 1. The first kappa shape index (κ1) is 25.7. The van der Waals surface area contributed by atoms with Gasteiger partial charge in [0.25, 0.3) is 5.56 Å². The molecule has 0 saturated carbocycles. The molecule has 3 heterocycles. The van der Waals surface area contributed by atoms with Gasteiger partial charge in [-0.05, 0) is 78.4 Å². The second-order valence-electron chi connectivity index (χ2n) is 10.2. The van der Waals surface area contributed by atoms with Crippen LogP contribution < -0.4 is 19.8 Å². The van der Waals surface area contributed by atoms with Crippen LogP contribution in [0.1, 0.15) is 63.5 Å². The van der Waals surface area contributed by atoms with Gasteiger partial charge in [0.2, 0.25) is 6.79 Å². The number of aromatic nitrogens is 5. The summed E-state index contributed by atoms with van der Waals surface area (Å²) in [6, 6.07) is 13.5. The Bertz CT molecular complexity index is 1490. The van der Waals surface area contributed by atoms with Crippen LogP contribution in [0.2, 0.25) is 0 Å². The van der Waals surface area contributed by atoms with Crippen molar-refractivity contribution in [3.63, 3.8) is 0 Å². The predicted molar refractivity (Wildman–Crippen MR) is 143 cm³/mol. The van der Waals surface area contributed by atoms with Gasteiger partial charge in [0, 0.05) is 24.7 Å². The van der Waals surface area contributed by atoms with Crippen LogP contribution in [0.5, 0.6) is 17.2 Å². The highest BCUT2D eigenvalue weighted by molar-refractivity contribution is 5.80. The number of nitrogens with zero attached hydrogens (tertiary/aromatic N) is 5. The van der Waals surface area contributed by atoms with Gasteiger partial charge in [-0.3, -0.25) is 9.69 Å². The van der Waals surface area contributed by atoms with Gasteiger partial charge < -0.3 is 19.2 Å². The number of H-pyrrole nitrogens is 1. The van der Waals surface area contributed by atoms with Gasteiger partial charge in [0.1, 0.15) is 5.75 Å². The fourth-order valence-electron chi connectivity index (χ4n) is 4.83. The Morgan fingerprint density at radius 3 is 2.68 bits per heavy atom. The first-order chi connectivity index (χ1) is 18.3. The molecule has 200 valence electrons. The molecule has 10 nitrogen and oxygen atoms in total. The summed E-state index contributed by atoms with van der Waals surface area (Å²) in [5, 5.41) is 13.8. The lowest BCUT2D eigenvalue weighted by atomic mass is 10.0. The lowest BCUT2D eigenvalue weighted by Gasteiger charge is -2.33. The fourth-order valence-corrected chi connectivity index (χ4v) is 4.83. The summed E-state index contributed by atoms with van der Waals surface area (Å²) in [4.78, 5) is 18.5. The molecule has 1 aliphatic heterocycles. The van der Waals surface area contributed by atoms with E-state index < -0.39 is 0 Å². The fraction of sp³-hybridized carbons (Fsp3) is 0.429. The second kappa shape index (κ2) is 10.4. The largest absolute Gasteiger partial charge is 0.497 e. The van der Waals surface area contributed by atoms with Crippen LogP contribution in [-0.4, -0.2) is 44.0 Å². The van der Waals surface area contributed by atoms with Gasteiger partial charge in [-0.15, -0.1) is 5.10 Å². The molecule has 0 spiro atoms. The maximum Gasteiger partial charge on any atom is 0.252 e. The molecule has 0 amide bonds. The number of benzene rings is 2. The summed E-state index contributed by atoms with van der Waals surface area (Å²) in [7, 11) is 1.61. The van der Waals surface area contributed by atoms with Crippen molar-refractivity contribution < 1.29 is 14.2 Å². The minimum Gasteiger partial charge on any atom is -0.497 e. The SMILES string of the molecule is CC[C@H](c1nnnn1C(C)(C)CC)N(Cc1ccc2c(c1)OCO2)Cc1cc2ccc(OC)cc2[nH]c1=O. The maximum absolute atomic E-state index is 13.2. The Balaban J connectivity index is 1.55. The molecule has 2 aromatic heterocycles. The van der Waals surface area contributed by atoms with Crippen LogP contribution in [0.3, 0.4) is 0 Å². The van der Waals surface area contributed by atoms with E-state index in [4.69, 9.17) is 14.2 Å². The van der Waals surface area contributed by atoms with Crippen molar-refractivity contribution in [1.29, 1.82) is 0 Å². The molecule has 2 aromatic carbocycles. The molecule has 38 heavy (non-hydrogen) atoms. The van der Waals surface area contributed by atoms with Gasteiger partial charge in [0.15, 0.2) is 17.3 Å². The normalized spacial score (nSPS) is 13.8. The smallest absolute Gasteiger partial charge is 0.252 e. The number of ether oxygens (including phenoxy) is 3. The first-order valence-corrected chi connectivity index (χ1v) is 12.9. The highest BCUT2D eigenvalue weighted by atomic mass is 16.7. The van der Waals surface area contributed by atoms with Crippen LogP contribution in [0, 0.1) is 0 Å². The Morgan fingerprint density at radius 2 is 1.92 bits per heavy atom. The topological polar surface area (TPSA) is 107 Å². The van der Waals surface area contributed by atoms with E-state index in [-0.39, 0.29) is 23.9 Å². The van der Waals surface area contributed by atoms with E-state index in [1.165, 1.54) is 0 Å². The van der Waals surface area contributed by atoms with Gasteiger partial charge in [-0.2, -0.15) is 0 Å². The molecule has 0 radical (unpaired) electrons. The van der Waals surface area contributed by atoms with Crippen molar-refractivity contribution in [2.24, 2.45) is 0 Å². The Hall–Kier alpha value is -3.92. The van der Waals surface area contributed by atoms with E-state index >= 15 is 0 Å². The highest BCUT2D eigenvalue weighted by Gasteiger charge is 2.31. The summed E-state index contributed by atoms with van der Waals surface area (Å²) in [6.07, 6.45) is 1.63. The predicted octanol–water partition coefficient (Wildman–Crippen LogP) is 4.55. The van der Waals surface area contributed by atoms with Crippen LogP contribution in [0.25, 0.3) is 10.9 Å². The first-order valence-electron chi connectivity index (χ1n) is 12.9. The van der Waals surface area contributed by atoms with E-state index in [2.05, 4.69) is 53.1 Å². The third-order valence-corrected chi connectivity index (χ3v) is 7.38. The van der Waals surface area contributed by atoms with Gasteiger partial charge in [0.05, 0.1) is 24.2 Å². The van der Waals surface area contributed by atoms with Crippen LogP contribution >= 0.6 is 0 Å². The number of hydrogen-bond acceptors (Lipinski definition) is 8. The summed E-state index contributed by atoms with van der Waals surface area (Å²) in [5.41, 5.74) is 2.06. The van der Waals surface area contributed by atoms with Crippen molar-refractivity contribution in [1.82, 2.24) is 30.1 Å². The zero-order valence-corrected chi connectivity index (χ0v) is 22.5. The molecule has 0 fully saturated rings. The zero-order valence-electron chi connectivity index (χ0n) is 22.5. The average Bonchev–Trinajstić information content (AvgIpc) is 3.59. The van der Waals surface area contributed by atoms with E-state index in [0.717, 1.165) is 46.6 Å². The molecule has 10 heteroatoms. The molecular formula is C28H34N6O4. The molecule has 0 saturated heterocycles. The number of tetrazole rings is 1. The summed E-state index contributed by atoms with van der Waals surface area (Å²) in [5.74, 6) is 2.94. The number of pyridine rings is 1. The maximum atomic E-state index is 13.2. The molecule has 1 N–H and O–H groups in total. The van der Waals surface area contributed by atoms with E-state index in [1.54, 1.807) is 7.11 Å². The van der Waals surface area contributed by atoms with Crippen LogP contribution in [-0.2, 0) is 18.6 Å². The van der Waals surface area contributed by atoms with Crippen LogP contribution in [0.15, 0.2) is 47.3 Å². The van der Waals surface area contributed by atoms with Crippen LogP contribution in [0.4, 0.5) is 0 Å². The number of methoxy groups -OCH3 is 1. The van der Waals surface area contributed by atoms with Crippen molar-refractivity contribution in [2.45, 2.75) is 65.2 Å². The number of fused-ring (bicyclic) bond motifs is 2. The Labute approximate surface area is 221 Å². The minimum atomic E-state index is -0.254. The third kappa shape index (κ3) is 4.96. The van der Waals surface area contributed by atoms with Crippen molar-refractivity contribution in [2.75, 3.05) is 13.9 Å². The Morgan fingerprint density at radius 1 is 1.11 bits per heavy atom. The van der Waals surface area contributed by atoms with Gasteiger partial charge >= 0.3 is 0 Å². The second-order valence-corrected chi connectivity index (χ2v) is 10.2. The number of hydrogen-bond donors (Lipinski definition) is 1. The molecule has 4 aromatic rings. The van der Waals surface area contributed by atoms with Crippen molar-refractivity contribution in [3.8, 4) is 17.2 Å². The lowest BCUT2D eigenvalue weighted by Crippen LogP contribution is -2.36. The molecule has 0 bridgehead atoms. The quantitative estimate of drug-likeness (QED) is 0.326. The average molecular weight is 519 g/mol. The summed E-state index contributed by atoms with van der Waals surface area (Å²) in [6.45, 7) is 9.69. The van der Waals surface area contributed by atoms with Gasteiger partial charge in [-0.1, -0.05) is 19.9 Å². The lowest BCUT2D eigenvalue weighted by molar-refractivity contribution is 0.150.